The molecule has 11 atom stereocenters. The lowest BCUT2D eigenvalue weighted by molar-refractivity contribution is -0.143. The number of nitrogens with one attached hydrogen (secondary N) is 10. The number of H-pyrrole nitrogens is 1. The van der Waals surface area contributed by atoms with Gasteiger partial charge in [0.05, 0.1) is 19.1 Å². The minimum atomic E-state index is -2.01. The number of aromatic nitrogens is 1. The maximum Gasteiger partial charge on any atom is 0.326 e. The number of rotatable bonds is 44. The van der Waals surface area contributed by atoms with Crippen LogP contribution in [-0.4, -0.2) is 218 Å². The highest BCUT2D eigenvalue weighted by atomic mass is 32.1. The van der Waals surface area contributed by atoms with Crippen LogP contribution >= 0.6 is 12.6 Å². The monoisotopic (exact) mass is 1440 g/mol. The number of phenolic OH excluding ortho intramolecular Hbond substituents is 1. The van der Waals surface area contributed by atoms with Crippen molar-refractivity contribution >= 4 is 106 Å². The van der Waals surface area contributed by atoms with Gasteiger partial charge in [-0.3, -0.25) is 62.7 Å². The number of aliphatic carboxylic acids is 2. The molecule has 0 aliphatic carbocycles. The molecule has 101 heavy (non-hydrogen) atoms. The van der Waals surface area contributed by atoms with Gasteiger partial charge in [-0.2, -0.15) is 12.6 Å². The van der Waals surface area contributed by atoms with Crippen molar-refractivity contribution in [1.29, 1.82) is 0 Å². The summed E-state index contributed by atoms with van der Waals surface area (Å²) < 4.78 is 0. The highest BCUT2D eigenvalue weighted by molar-refractivity contribution is 7.80. The fourth-order valence-corrected chi connectivity index (χ4v) is 11.4. The minimum Gasteiger partial charge on any atom is -0.508 e. The van der Waals surface area contributed by atoms with Crippen LogP contribution in [-0.2, 0) is 70.4 Å². The van der Waals surface area contributed by atoms with Crippen LogP contribution in [0.3, 0.4) is 0 Å². The molecule has 1 fully saturated rings. The predicted octanol–water partition coefficient (Wildman–Crippen LogP) is -3.85. The number of carboxylic acid groups (broad SMARTS) is 2. The molecule has 3 aromatic rings. The van der Waals surface area contributed by atoms with Gasteiger partial charge < -0.3 is 113 Å². The second-order valence-electron chi connectivity index (χ2n) is 25.5. The number of amides is 10. The minimum absolute atomic E-state index is 0.0129. The Morgan fingerprint density at radius 3 is 1.63 bits per heavy atom. The highest BCUT2D eigenvalue weighted by Gasteiger charge is 2.41. The summed E-state index contributed by atoms with van der Waals surface area (Å²) >= 11 is 4.37. The Bertz CT molecular complexity index is 3360. The first-order valence-corrected chi connectivity index (χ1v) is 34.1. The topological polar surface area (TPSA) is 594 Å². The summed E-state index contributed by atoms with van der Waals surface area (Å²) in [6.45, 7) is 6.80. The van der Waals surface area contributed by atoms with Crippen molar-refractivity contribution in [3.05, 3.63) is 65.9 Å². The summed E-state index contributed by atoms with van der Waals surface area (Å²) in [5.41, 5.74) is 35.0. The molecule has 1 aromatic heterocycles. The number of aromatic amines is 1. The summed E-state index contributed by atoms with van der Waals surface area (Å²) in [4.78, 5) is 179. The van der Waals surface area contributed by atoms with E-state index >= 15 is 0 Å². The maximum absolute atomic E-state index is 14.8. The van der Waals surface area contributed by atoms with Crippen LogP contribution in [0.25, 0.3) is 10.9 Å². The third kappa shape index (κ3) is 28.4. The van der Waals surface area contributed by atoms with Crippen molar-refractivity contribution in [3.8, 4) is 5.75 Å². The third-order valence-corrected chi connectivity index (χ3v) is 16.7. The van der Waals surface area contributed by atoms with E-state index in [0.29, 0.717) is 47.7 Å². The Hall–Kier alpha value is -9.81. The quantitative estimate of drug-likeness (QED) is 0.0112. The van der Waals surface area contributed by atoms with Gasteiger partial charge >= 0.3 is 11.9 Å². The van der Waals surface area contributed by atoms with Crippen molar-refractivity contribution in [1.82, 2.24) is 57.7 Å². The van der Waals surface area contributed by atoms with Gasteiger partial charge in [-0.1, -0.05) is 58.0 Å². The van der Waals surface area contributed by atoms with Crippen molar-refractivity contribution in [2.45, 2.75) is 184 Å². The number of nitrogens with zero attached hydrogens (tertiary/aromatic N) is 3. The molecule has 11 unspecified atom stereocenters. The molecule has 36 heteroatoms. The summed E-state index contributed by atoms with van der Waals surface area (Å²) in [6.07, 6.45) is 1.18. The lowest BCUT2D eigenvalue weighted by atomic mass is 10.0. The Kier molecular flexibility index (Phi) is 35.0. The number of aromatic hydroxyl groups is 1. The van der Waals surface area contributed by atoms with Gasteiger partial charge in [0, 0.05) is 55.3 Å². The van der Waals surface area contributed by atoms with Crippen molar-refractivity contribution in [3.63, 3.8) is 0 Å². The number of hydrogen-bond acceptors (Lipinski definition) is 19. The van der Waals surface area contributed by atoms with E-state index in [4.69, 9.17) is 34.4 Å². The Labute approximate surface area is 590 Å². The van der Waals surface area contributed by atoms with E-state index in [0.717, 1.165) is 0 Å². The lowest BCUT2D eigenvalue weighted by Crippen LogP contribution is -2.61. The standard InChI is InChI=1S/C65H101N19O16S/c1-34(2)26-40(67)53(89)82-49(32-85)59(95)81-48(27-35(3)4)62(98)84-25-11-17-51(84)61(97)76-42(14-7-8-22-66)55(91)83-50(33-101)60(96)79-46(29-37-31-74-41-13-6-5-12-39(37)41)57(93)80-47(30-52(87)88)58(94)78-45(28-36-18-20-38(86)21-19-36)56(92)75-43(15-9-23-72-64(68)69)54(90)77-44(63(99)100)16-10-24-73-65(70)71/h5-6,12-13,18-21,31,34-35,40,42-51,74,85-86,101H,7-11,14-17,22-30,32-33,66-67H2,1-4H3,(H,75,92)(H,76,97)(H,77,90)(H,78,94)(H,79,96)(H,80,93)(H,81,95)(H,82,89)(H,83,91)(H,87,88)(H,99,100)(H4,68,69,72)(H4,70,71,73). The van der Waals surface area contributed by atoms with Crippen LogP contribution in [0, 0.1) is 11.8 Å². The second-order valence-corrected chi connectivity index (χ2v) is 25.9. The zero-order chi connectivity index (χ0) is 75.0. The molecule has 2 heterocycles. The number of thiol groups is 1. The van der Waals surface area contributed by atoms with E-state index in [9.17, 15) is 78.0 Å². The van der Waals surface area contributed by atoms with E-state index in [1.807, 2.05) is 13.8 Å². The molecular formula is C65H101N19O16S. The summed E-state index contributed by atoms with van der Waals surface area (Å²) in [7, 11) is 0. The number of aliphatic imine (C=N–C) groups is 2. The molecule has 1 saturated heterocycles. The van der Waals surface area contributed by atoms with Gasteiger partial charge in [0.25, 0.3) is 0 Å². The molecule has 0 spiro atoms. The van der Waals surface area contributed by atoms with E-state index in [2.05, 4.69) is 75.4 Å². The van der Waals surface area contributed by atoms with Crippen molar-refractivity contribution < 1.29 is 78.0 Å². The molecule has 1 aliphatic heterocycles. The number of para-hydroxylation sites is 1. The van der Waals surface area contributed by atoms with Crippen LogP contribution in [0.2, 0.25) is 0 Å². The molecule has 2 aromatic carbocycles. The van der Waals surface area contributed by atoms with Crippen LogP contribution in [0.15, 0.2) is 64.7 Å². The van der Waals surface area contributed by atoms with Crippen LogP contribution in [0.1, 0.15) is 116 Å². The van der Waals surface area contributed by atoms with Crippen LogP contribution in [0.5, 0.6) is 5.75 Å². The number of unbranched alkanes of at least 4 members (excludes halogenated alkanes) is 1. The first-order chi connectivity index (χ1) is 47.8. The highest BCUT2D eigenvalue weighted by Crippen LogP contribution is 2.23. The number of fused-ring (bicyclic) bond motifs is 1. The number of aliphatic hydroxyl groups excluding tert-OH is 1. The maximum atomic E-state index is 14.8. The van der Waals surface area contributed by atoms with Gasteiger partial charge in [0.2, 0.25) is 59.1 Å². The number of aliphatic hydroxyl groups is 1. The average Bonchev–Trinajstić information content (AvgIpc) is 1.74. The SMILES string of the molecule is CC(C)CC(N)C(=O)NC(CO)C(=O)NC(CC(C)C)C(=O)N1CCCC1C(=O)NC(CCCCN)C(=O)NC(CS)C(=O)NC(Cc1c[nH]c2ccccc12)C(=O)NC(CC(=O)O)C(=O)NC(Cc1ccc(O)cc1)C(=O)NC(CCCN=C(N)N)C(=O)NC(CCCN=C(N)N)C(=O)O. The van der Waals surface area contributed by atoms with Crippen LogP contribution in [0.4, 0.5) is 0 Å². The third-order valence-electron chi connectivity index (χ3n) is 16.3. The van der Waals surface area contributed by atoms with Crippen LogP contribution < -0.4 is 82.3 Å². The number of carbonyl (C=O) groups is 12. The van der Waals surface area contributed by atoms with Gasteiger partial charge in [0.1, 0.15) is 66.2 Å². The molecular weight excluding hydrogens is 1330 g/mol. The number of hydrogen-bond donors (Lipinski definition) is 21. The molecule has 1 aliphatic rings. The van der Waals surface area contributed by atoms with Gasteiger partial charge in [0.15, 0.2) is 11.9 Å². The fraction of sp³-hybridized carbons (Fsp3) is 0.569. The Morgan fingerprint density at radius 2 is 1.07 bits per heavy atom. The van der Waals surface area contributed by atoms with Gasteiger partial charge in [-0.25, -0.2) is 4.79 Å². The molecule has 558 valence electrons. The number of guanidine groups is 2. The Balaban J connectivity index is 1.64. The second kappa shape index (κ2) is 42.3. The Morgan fingerprint density at radius 1 is 0.584 bits per heavy atom. The van der Waals surface area contributed by atoms with Gasteiger partial charge in [-0.05, 0) is 118 Å². The number of phenols is 1. The number of nitrogens with two attached hydrogens (primary N) is 6. The molecule has 10 amide bonds. The number of likely N-dealkylation sites (tertiary alicyclic amines) is 1. The molecule has 4 rings (SSSR count). The molecule has 35 nitrogen and oxygen atoms in total. The smallest absolute Gasteiger partial charge is 0.326 e. The van der Waals surface area contributed by atoms with E-state index in [-0.39, 0.29) is 113 Å². The zero-order valence-corrected chi connectivity index (χ0v) is 58.2. The average molecular weight is 1440 g/mol. The van der Waals surface area contributed by atoms with E-state index in [1.165, 1.54) is 29.2 Å². The molecule has 0 bridgehead atoms. The predicted molar refractivity (Wildman–Crippen MR) is 376 cm³/mol. The molecule has 0 saturated carbocycles. The molecule has 0 radical (unpaired) electrons. The lowest BCUT2D eigenvalue weighted by Gasteiger charge is -2.31. The van der Waals surface area contributed by atoms with Crippen molar-refractivity contribution in [2.75, 3.05) is 38.5 Å². The summed E-state index contributed by atoms with van der Waals surface area (Å²) in [6, 6.07) is -3.78. The summed E-state index contributed by atoms with van der Waals surface area (Å²) in [5, 5.41) is 63.9. The normalized spacial score (nSPS) is 15.7. The number of benzene rings is 2. The van der Waals surface area contributed by atoms with E-state index in [1.54, 1.807) is 44.3 Å². The fourth-order valence-electron chi connectivity index (χ4n) is 11.1. The van der Waals surface area contributed by atoms with Crippen molar-refractivity contribution in [2.24, 2.45) is 56.2 Å². The summed E-state index contributed by atoms with van der Waals surface area (Å²) in [5.74, 6) is -13.4. The van der Waals surface area contributed by atoms with E-state index < -0.39 is 156 Å². The first-order valence-electron chi connectivity index (χ1n) is 33.5. The van der Waals surface area contributed by atoms with Gasteiger partial charge in [-0.15, -0.1) is 0 Å². The first kappa shape index (κ1) is 83.6. The largest absolute Gasteiger partial charge is 0.508 e. The zero-order valence-electron chi connectivity index (χ0n) is 57.3. The molecule has 26 N–H and O–H groups in total. The number of carbonyl (C=O) groups excluding carboxylic acids is 10. The number of carboxylic acids is 2.